The third kappa shape index (κ3) is 9.38. The van der Waals surface area contributed by atoms with Crippen molar-refractivity contribution < 1.29 is 63.2 Å². The van der Waals surface area contributed by atoms with Crippen LogP contribution in [0.2, 0.25) is 0 Å². The molecule has 14 nitrogen and oxygen atoms in total. The van der Waals surface area contributed by atoms with Crippen molar-refractivity contribution in [3.63, 3.8) is 0 Å². The molecule has 0 unspecified atom stereocenters. The Kier molecular flexibility index (Phi) is 15.3. The van der Waals surface area contributed by atoms with Crippen LogP contribution in [-0.4, -0.2) is 150 Å². The Labute approximate surface area is 310 Å². The van der Waals surface area contributed by atoms with Gasteiger partial charge in [-0.15, -0.1) is 0 Å². The van der Waals surface area contributed by atoms with Crippen molar-refractivity contribution in [3.8, 4) is 0 Å². The number of methoxy groups -OCH3 is 2. The van der Waals surface area contributed by atoms with Gasteiger partial charge in [0.2, 0.25) is 0 Å². The number of cyclic esters (lactones) is 1. The van der Waals surface area contributed by atoms with Crippen LogP contribution in [0.1, 0.15) is 94.9 Å². The van der Waals surface area contributed by atoms with E-state index in [2.05, 4.69) is 0 Å². The Hall–Kier alpha value is -1.30. The quantitative estimate of drug-likeness (QED) is 0.266. The summed E-state index contributed by atoms with van der Waals surface area (Å²) in [7, 11) is 6.77. The van der Waals surface area contributed by atoms with Gasteiger partial charge in [-0.25, -0.2) is 0 Å². The molecule has 0 saturated carbocycles. The number of esters is 1. The fourth-order valence-electron chi connectivity index (χ4n) is 8.58. The minimum atomic E-state index is -1.96. The summed E-state index contributed by atoms with van der Waals surface area (Å²) in [5.74, 6) is -4.47. The Morgan fingerprint density at radius 2 is 1.44 bits per heavy atom. The molecule has 52 heavy (non-hydrogen) atoms. The molecule has 18 atom stereocenters. The van der Waals surface area contributed by atoms with E-state index in [0.717, 1.165) is 0 Å². The molecule has 3 fully saturated rings. The lowest BCUT2D eigenvalue weighted by Gasteiger charge is -2.50. The van der Waals surface area contributed by atoms with Crippen molar-refractivity contribution >= 4 is 11.8 Å². The highest BCUT2D eigenvalue weighted by Gasteiger charge is 2.54. The number of hydrogen-bond donors (Lipinski definition) is 4. The van der Waals surface area contributed by atoms with Gasteiger partial charge in [0.05, 0.1) is 47.6 Å². The zero-order valence-corrected chi connectivity index (χ0v) is 33.9. The SMILES string of the molecule is CC[C@@H]1OC(=O)[C@@H](C)[C@H](O[C@@H]2C[C@](C)(OC)[C@@H](O)[C@@H](C)O2)[C@@H](C)[C@H](O[C@H]2O[C@H](C)C[C@@H](N(C)C)[C@H]2O)[C@@](C)(OC)C[C@H](C)C(=O)[C@@H](C)[C@H](O)[C@@]1(C)O. The van der Waals surface area contributed by atoms with Gasteiger partial charge >= 0.3 is 5.97 Å². The van der Waals surface area contributed by atoms with E-state index < -0.39 is 102 Å². The molecule has 304 valence electrons. The third-order valence-electron chi connectivity index (χ3n) is 12.3. The van der Waals surface area contributed by atoms with Gasteiger partial charge in [-0.3, -0.25) is 9.59 Å². The van der Waals surface area contributed by atoms with Gasteiger partial charge in [0.1, 0.15) is 29.7 Å². The molecule has 0 bridgehead atoms. The summed E-state index contributed by atoms with van der Waals surface area (Å²) >= 11 is 0. The van der Waals surface area contributed by atoms with Crippen molar-refractivity contribution in [1.29, 1.82) is 0 Å². The number of carbonyl (C=O) groups excluding carboxylic acids is 2. The molecule has 3 saturated heterocycles. The number of nitrogens with zero attached hydrogens (tertiary/aromatic N) is 1. The zero-order chi connectivity index (χ0) is 39.7. The van der Waals surface area contributed by atoms with Gasteiger partial charge in [0.15, 0.2) is 12.6 Å². The Morgan fingerprint density at radius 3 is 1.98 bits per heavy atom. The number of hydrogen-bond acceptors (Lipinski definition) is 14. The van der Waals surface area contributed by atoms with E-state index in [1.165, 1.54) is 21.1 Å². The summed E-state index contributed by atoms with van der Waals surface area (Å²) in [6.07, 6.45) is -8.73. The topological polar surface area (TPSA) is 183 Å². The van der Waals surface area contributed by atoms with Gasteiger partial charge in [0, 0.05) is 44.4 Å². The summed E-state index contributed by atoms with van der Waals surface area (Å²) < 4.78 is 43.9. The lowest BCUT2D eigenvalue weighted by molar-refractivity contribution is -0.319. The third-order valence-corrected chi connectivity index (χ3v) is 12.3. The minimum Gasteiger partial charge on any atom is -0.459 e. The average molecular weight is 748 g/mol. The fourth-order valence-corrected chi connectivity index (χ4v) is 8.58. The van der Waals surface area contributed by atoms with Crippen molar-refractivity contribution in [2.24, 2.45) is 23.7 Å². The van der Waals surface area contributed by atoms with Gasteiger partial charge < -0.3 is 58.5 Å². The van der Waals surface area contributed by atoms with Crippen LogP contribution in [0.15, 0.2) is 0 Å². The maximum atomic E-state index is 14.2. The molecular weight excluding hydrogens is 678 g/mol. The average Bonchev–Trinajstić information content (AvgIpc) is 3.09. The molecular formula is C38H69NO13. The Morgan fingerprint density at radius 1 is 0.846 bits per heavy atom. The van der Waals surface area contributed by atoms with E-state index in [-0.39, 0.29) is 37.2 Å². The first kappa shape index (κ1) is 45.1. The normalized spacial score (nSPS) is 49.0. The van der Waals surface area contributed by atoms with Crippen molar-refractivity contribution in [2.75, 3.05) is 28.3 Å². The number of Topliss-reactive ketones (excluding diaryl/α,β-unsaturated/α-hetero) is 1. The Bertz CT molecular complexity index is 1190. The largest absolute Gasteiger partial charge is 0.459 e. The summed E-state index contributed by atoms with van der Waals surface area (Å²) in [6, 6.07) is -0.283. The fraction of sp³-hybridized carbons (Fsp3) is 0.947. The van der Waals surface area contributed by atoms with Gasteiger partial charge in [0.25, 0.3) is 0 Å². The molecule has 4 N–H and O–H groups in total. The molecule has 0 aromatic carbocycles. The Balaban J connectivity index is 2.22. The summed E-state index contributed by atoms with van der Waals surface area (Å²) in [5.41, 5.74) is -4.24. The van der Waals surface area contributed by atoms with Crippen molar-refractivity contribution in [1.82, 2.24) is 4.90 Å². The molecule has 0 spiro atoms. The number of ether oxygens (including phenoxy) is 7. The lowest BCUT2D eigenvalue weighted by Crippen LogP contribution is -2.61. The maximum Gasteiger partial charge on any atom is 0.311 e. The van der Waals surface area contributed by atoms with E-state index in [4.69, 9.17) is 33.2 Å². The molecule has 3 aliphatic rings. The first-order chi connectivity index (χ1) is 24.0. The molecule has 14 heteroatoms. The summed E-state index contributed by atoms with van der Waals surface area (Å²) in [4.78, 5) is 30.1. The van der Waals surface area contributed by atoms with Crippen LogP contribution in [0.3, 0.4) is 0 Å². The second-order valence-corrected chi connectivity index (χ2v) is 16.6. The second-order valence-electron chi connectivity index (χ2n) is 16.6. The minimum absolute atomic E-state index is 0.111. The monoisotopic (exact) mass is 747 g/mol. The second kappa shape index (κ2) is 17.7. The van der Waals surface area contributed by atoms with Crippen LogP contribution >= 0.6 is 0 Å². The highest BCUT2D eigenvalue weighted by molar-refractivity contribution is 5.83. The molecule has 0 aromatic heterocycles. The lowest BCUT2D eigenvalue weighted by atomic mass is 9.74. The number of aliphatic hydroxyl groups excluding tert-OH is 3. The molecule has 0 radical (unpaired) electrons. The highest BCUT2D eigenvalue weighted by Crippen LogP contribution is 2.41. The van der Waals surface area contributed by atoms with Crippen LogP contribution in [0.25, 0.3) is 0 Å². The van der Waals surface area contributed by atoms with E-state index in [0.29, 0.717) is 6.42 Å². The maximum absolute atomic E-state index is 14.2. The molecule has 0 aliphatic carbocycles. The molecule has 3 rings (SSSR count). The van der Waals surface area contributed by atoms with E-state index in [9.17, 15) is 30.0 Å². The molecule has 0 aromatic rings. The van der Waals surface area contributed by atoms with Crippen molar-refractivity contribution in [3.05, 3.63) is 0 Å². The number of likely N-dealkylation sites (N-methyl/N-ethyl adjacent to an activating group) is 1. The predicted octanol–water partition coefficient (Wildman–Crippen LogP) is 2.44. The number of rotatable bonds is 8. The van der Waals surface area contributed by atoms with E-state index in [1.807, 2.05) is 32.8 Å². The first-order valence-corrected chi connectivity index (χ1v) is 18.9. The van der Waals surface area contributed by atoms with Crippen LogP contribution in [0, 0.1) is 23.7 Å². The number of aliphatic hydroxyl groups is 4. The smallest absolute Gasteiger partial charge is 0.311 e. The molecule has 3 heterocycles. The molecule has 3 aliphatic heterocycles. The van der Waals surface area contributed by atoms with Crippen LogP contribution in [-0.2, 0) is 42.7 Å². The number of ketones is 1. The summed E-state index contributed by atoms with van der Waals surface area (Å²) in [6.45, 7) is 17.1. The molecule has 0 amide bonds. The van der Waals surface area contributed by atoms with E-state index >= 15 is 0 Å². The van der Waals surface area contributed by atoms with Crippen LogP contribution in [0.4, 0.5) is 0 Å². The van der Waals surface area contributed by atoms with Gasteiger partial charge in [-0.05, 0) is 74.9 Å². The van der Waals surface area contributed by atoms with E-state index in [1.54, 1.807) is 48.5 Å². The first-order valence-electron chi connectivity index (χ1n) is 18.9. The van der Waals surface area contributed by atoms with Crippen molar-refractivity contribution in [2.45, 2.75) is 179 Å². The van der Waals surface area contributed by atoms with Gasteiger partial charge in [-0.1, -0.05) is 27.7 Å². The summed E-state index contributed by atoms with van der Waals surface area (Å²) in [5, 5.41) is 45.6. The zero-order valence-electron chi connectivity index (χ0n) is 33.9. The highest BCUT2D eigenvalue weighted by atomic mass is 16.7. The predicted molar refractivity (Wildman–Crippen MR) is 191 cm³/mol. The standard InChI is InChI=1S/C38H69NO13/c1-15-26-38(10,45)31(42)21(4)28(40)19(2)17-37(9,47-14)33(52-35-29(41)25(39(11)12)16-20(3)48-35)22(5)30(23(6)34(44)50-26)51-27-18-36(8,46-13)32(43)24(7)49-27/h19-27,29-33,35,41-43,45H,15-18H2,1-14H3/t19-,20+,21+,22+,23-,24+,25+,26-,27+,29+,30+,31-,32-,33-,35+,36-,37-,38-/m0/s1. The van der Waals surface area contributed by atoms with Gasteiger partial charge in [-0.2, -0.15) is 0 Å². The number of carbonyl (C=O) groups is 2. The van der Waals surface area contributed by atoms with Crippen LogP contribution < -0.4 is 0 Å². The van der Waals surface area contributed by atoms with Crippen LogP contribution in [0.5, 0.6) is 0 Å².